The maximum absolute atomic E-state index is 11.8. The number of ether oxygens (including phenoxy) is 1. The quantitative estimate of drug-likeness (QED) is 0.577. The number of hydrazone groups is 1. The molecule has 120 valence electrons. The molecular formula is C16H15ClN2O4. The van der Waals surface area contributed by atoms with Crippen molar-refractivity contribution in [3.63, 3.8) is 0 Å². The number of carbonyl (C=O) groups is 1. The van der Waals surface area contributed by atoms with E-state index in [4.69, 9.17) is 16.3 Å². The summed E-state index contributed by atoms with van der Waals surface area (Å²) in [5.74, 6) is -0.645. The van der Waals surface area contributed by atoms with Gasteiger partial charge in [-0.05, 0) is 23.3 Å². The van der Waals surface area contributed by atoms with Crippen LogP contribution in [0, 0.1) is 0 Å². The van der Waals surface area contributed by atoms with Crippen LogP contribution in [0.4, 0.5) is 0 Å². The summed E-state index contributed by atoms with van der Waals surface area (Å²) >= 11 is 5.85. The van der Waals surface area contributed by atoms with E-state index < -0.39 is 12.0 Å². The van der Waals surface area contributed by atoms with Crippen LogP contribution in [-0.4, -0.2) is 29.4 Å². The molecule has 1 amide bonds. The zero-order valence-corrected chi connectivity index (χ0v) is 13.0. The largest absolute Gasteiger partial charge is 0.503 e. The highest BCUT2D eigenvalue weighted by Gasteiger charge is 2.16. The monoisotopic (exact) mass is 334 g/mol. The molecule has 0 aromatic heterocycles. The summed E-state index contributed by atoms with van der Waals surface area (Å²) in [6.45, 7) is 0. The zero-order chi connectivity index (χ0) is 16.8. The molecule has 1 atom stereocenters. The number of rotatable bonds is 5. The van der Waals surface area contributed by atoms with Crippen LogP contribution in [0.1, 0.15) is 17.2 Å². The molecule has 0 saturated heterocycles. The van der Waals surface area contributed by atoms with E-state index in [0.717, 1.165) is 0 Å². The molecule has 2 aromatic rings. The Labute approximate surface area is 138 Å². The molecule has 0 fully saturated rings. The van der Waals surface area contributed by atoms with E-state index in [0.29, 0.717) is 11.1 Å². The van der Waals surface area contributed by atoms with Crippen molar-refractivity contribution in [1.82, 2.24) is 5.43 Å². The van der Waals surface area contributed by atoms with Crippen molar-refractivity contribution in [1.29, 1.82) is 0 Å². The number of methoxy groups -OCH3 is 1. The van der Waals surface area contributed by atoms with Crippen LogP contribution in [0.15, 0.2) is 47.6 Å². The standard InChI is InChI=1S/C16H15ClN2O4/c1-23-13-8-10(7-12(17)15(13)21)9-18-19-16(22)14(20)11-5-3-2-4-6-11/h2-9,14,20-21H,1H3,(H,19,22)/b18-9-. The second kappa shape index (κ2) is 7.62. The maximum atomic E-state index is 11.8. The van der Waals surface area contributed by atoms with Crippen LogP contribution in [0.5, 0.6) is 11.5 Å². The van der Waals surface area contributed by atoms with E-state index in [1.807, 2.05) is 0 Å². The van der Waals surface area contributed by atoms with E-state index in [9.17, 15) is 15.0 Å². The van der Waals surface area contributed by atoms with Gasteiger partial charge in [0.15, 0.2) is 17.6 Å². The molecule has 3 N–H and O–H groups in total. The predicted molar refractivity (Wildman–Crippen MR) is 86.8 cm³/mol. The molecule has 0 bridgehead atoms. The molecule has 6 nitrogen and oxygen atoms in total. The fourth-order valence-electron chi connectivity index (χ4n) is 1.84. The van der Waals surface area contributed by atoms with Gasteiger partial charge in [-0.3, -0.25) is 4.79 Å². The van der Waals surface area contributed by atoms with Gasteiger partial charge in [0.2, 0.25) is 0 Å². The van der Waals surface area contributed by atoms with E-state index in [1.54, 1.807) is 30.3 Å². The molecule has 0 radical (unpaired) electrons. The Hall–Kier alpha value is -2.57. The summed E-state index contributed by atoms with van der Waals surface area (Å²) in [5.41, 5.74) is 3.22. The van der Waals surface area contributed by atoms with Gasteiger partial charge in [0.1, 0.15) is 0 Å². The van der Waals surface area contributed by atoms with E-state index >= 15 is 0 Å². The van der Waals surface area contributed by atoms with Gasteiger partial charge in [-0.2, -0.15) is 5.10 Å². The smallest absolute Gasteiger partial charge is 0.273 e. The van der Waals surface area contributed by atoms with Gasteiger partial charge in [-0.25, -0.2) is 5.43 Å². The van der Waals surface area contributed by atoms with Gasteiger partial charge in [-0.15, -0.1) is 0 Å². The first-order valence-corrected chi connectivity index (χ1v) is 7.03. The lowest BCUT2D eigenvalue weighted by Gasteiger charge is -2.09. The number of hydrogen-bond acceptors (Lipinski definition) is 5. The third-order valence-electron chi connectivity index (χ3n) is 3.02. The molecule has 2 aromatic carbocycles. The Morgan fingerprint density at radius 3 is 2.70 bits per heavy atom. The molecule has 0 aliphatic rings. The van der Waals surface area contributed by atoms with Crippen molar-refractivity contribution in [3.05, 3.63) is 58.6 Å². The van der Waals surface area contributed by atoms with Crippen LogP contribution >= 0.6 is 11.6 Å². The zero-order valence-electron chi connectivity index (χ0n) is 12.2. The van der Waals surface area contributed by atoms with Crippen LogP contribution in [-0.2, 0) is 4.79 Å². The summed E-state index contributed by atoms with van der Waals surface area (Å²) in [6, 6.07) is 11.5. The summed E-state index contributed by atoms with van der Waals surface area (Å²) in [5, 5.41) is 23.4. The minimum absolute atomic E-state index is 0.0986. The Kier molecular flexibility index (Phi) is 5.56. The SMILES string of the molecule is COc1cc(/C=N\NC(=O)C(O)c2ccccc2)cc(Cl)c1O. The second-order valence-electron chi connectivity index (χ2n) is 4.60. The Morgan fingerprint density at radius 1 is 1.35 bits per heavy atom. The van der Waals surface area contributed by atoms with Gasteiger partial charge < -0.3 is 14.9 Å². The minimum atomic E-state index is -1.31. The molecule has 1 unspecified atom stereocenters. The summed E-state index contributed by atoms with van der Waals surface area (Å²) in [6.07, 6.45) is 0.00925. The number of nitrogens with one attached hydrogen (secondary N) is 1. The average Bonchev–Trinajstić information content (AvgIpc) is 2.57. The van der Waals surface area contributed by atoms with Crippen molar-refractivity contribution in [2.45, 2.75) is 6.10 Å². The highest BCUT2D eigenvalue weighted by atomic mass is 35.5. The highest BCUT2D eigenvalue weighted by Crippen LogP contribution is 2.34. The van der Waals surface area contributed by atoms with Crippen molar-refractivity contribution >= 4 is 23.7 Å². The van der Waals surface area contributed by atoms with Crippen LogP contribution in [0.3, 0.4) is 0 Å². The molecule has 23 heavy (non-hydrogen) atoms. The van der Waals surface area contributed by atoms with Crippen molar-refractivity contribution in [3.8, 4) is 11.5 Å². The number of carbonyl (C=O) groups excluding carboxylic acids is 1. The average molecular weight is 335 g/mol. The number of nitrogens with zero attached hydrogens (tertiary/aromatic N) is 1. The van der Waals surface area contributed by atoms with Crippen LogP contribution in [0.25, 0.3) is 0 Å². The molecule has 0 heterocycles. The number of phenols is 1. The lowest BCUT2D eigenvalue weighted by Crippen LogP contribution is -2.25. The number of aliphatic hydroxyl groups is 1. The molecular weight excluding hydrogens is 320 g/mol. The number of halogens is 1. The van der Waals surface area contributed by atoms with Gasteiger partial charge in [0.25, 0.3) is 5.91 Å². The number of aliphatic hydroxyl groups excluding tert-OH is 1. The molecule has 0 aliphatic heterocycles. The topological polar surface area (TPSA) is 91.2 Å². The van der Waals surface area contributed by atoms with Gasteiger partial charge in [-0.1, -0.05) is 41.9 Å². The fourth-order valence-corrected chi connectivity index (χ4v) is 2.06. The summed E-state index contributed by atoms with van der Waals surface area (Å²) in [7, 11) is 1.39. The lowest BCUT2D eigenvalue weighted by atomic mass is 10.1. The number of phenolic OH excluding ortho intramolecular Hbond substituents is 1. The van der Waals surface area contributed by atoms with E-state index in [2.05, 4.69) is 10.5 Å². The summed E-state index contributed by atoms with van der Waals surface area (Å²) in [4.78, 5) is 11.8. The lowest BCUT2D eigenvalue weighted by molar-refractivity contribution is -0.129. The van der Waals surface area contributed by atoms with E-state index in [-0.39, 0.29) is 16.5 Å². The van der Waals surface area contributed by atoms with Crippen molar-refractivity contribution < 1.29 is 19.7 Å². The fraction of sp³-hybridized carbons (Fsp3) is 0.125. The summed E-state index contributed by atoms with van der Waals surface area (Å²) < 4.78 is 4.97. The maximum Gasteiger partial charge on any atom is 0.273 e. The minimum Gasteiger partial charge on any atom is -0.503 e. The molecule has 2 rings (SSSR count). The first kappa shape index (κ1) is 16.8. The Morgan fingerprint density at radius 2 is 2.04 bits per heavy atom. The number of hydrogen-bond donors (Lipinski definition) is 3. The number of amides is 1. The first-order chi connectivity index (χ1) is 11.0. The van der Waals surface area contributed by atoms with E-state index in [1.165, 1.54) is 25.5 Å². The number of benzene rings is 2. The van der Waals surface area contributed by atoms with Gasteiger partial charge in [0.05, 0.1) is 18.3 Å². The third kappa shape index (κ3) is 4.21. The van der Waals surface area contributed by atoms with Gasteiger partial charge in [0, 0.05) is 0 Å². The third-order valence-corrected chi connectivity index (χ3v) is 3.31. The molecule has 7 heteroatoms. The second-order valence-corrected chi connectivity index (χ2v) is 5.01. The Balaban J connectivity index is 2.04. The first-order valence-electron chi connectivity index (χ1n) is 6.65. The van der Waals surface area contributed by atoms with Crippen LogP contribution in [0.2, 0.25) is 5.02 Å². The van der Waals surface area contributed by atoms with Crippen LogP contribution < -0.4 is 10.2 Å². The highest BCUT2D eigenvalue weighted by molar-refractivity contribution is 6.32. The molecule has 0 spiro atoms. The van der Waals surface area contributed by atoms with Crippen molar-refractivity contribution in [2.75, 3.05) is 7.11 Å². The molecule has 0 aliphatic carbocycles. The normalized spacial score (nSPS) is 12.1. The van der Waals surface area contributed by atoms with Gasteiger partial charge >= 0.3 is 0 Å². The Bertz CT molecular complexity index is 720. The van der Waals surface area contributed by atoms with Crippen molar-refractivity contribution in [2.24, 2.45) is 5.10 Å². The molecule has 0 saturated carbocycles. The number of aromatic hydroxyl groups is 1. The predicted octanol–water partition coefficient (Wildman–Crippen LogP) is 2.24.